The van der Waals surface area contributed by atoms with Crippen LogP contribution in [0.3, 0.4) is 0 Å². The van der Waals surface area contributed by atoms with Crippen LogP contribution in [0.2, 0.25) is 0 Å². The summed E-state index contributed by atoms with van der Waals surface area (Å²) < 4.78 is 0. The second-order valence-electron chi connectivity index (χ2n) is 6.06. The van der Waals surface area contributed by atoms with Gasteiger partial charge in [0.2, 0.25) is 0 Å². The lowest BCUT2D eigenvalue weighted by Crippen LogP contribution is -2.28. The van der Waals surface area contributed by atoms with Crippen molar-refractivity contribution in [2.24, 2.45) is 0 Å². The van der Waals surface area contributed by atoms with Gasteiger partial charge in [0.1, 0.15) is 0 Å². The smallest absolute Gasteiger partial charge is 0.0346 e. The van der Waals surface area contributed by atoms with Crippen LogP contribution in [0.15, 0.2) is 54.9 Å². The Morgan fingerprint density at radius 1 is 0.905 bits per heavy atom. The first-order chi connectivity index (χ1) is 10.4. The minimum absolute atomic E-state index is 0.519. The molecular weight excluding hydrogens is 256 g/mol. The predicted octanol–water partition coefficient (Wildman–Crippen LogP) is 4.05. The molecule has 1 saturated heterocycles. The van der Waals surface area contributed by atoms with E-state index in [1.807, 2.05) is 12.4 Å². The monoisotopic (exact) mass is 276 g/mol. The van der Waals surface area contributed by atoms with Crippen molar-refractivity contribution in [2.45, 2.75) is 37.8 Å². The molecule has 2 bridgehead atoms. The number of aromatic nitrogens is 1. The van der Waals surface area contributed by atoms with E-state index in [4.69, 9.17) is 0 Å². The summed E-state index contributed by atoms with van der Waals surface area (Å²) in [6.07, 6.45) is 11.4. The molecule has 106 valence electrons. The van der Waals surface area contributed by atoms with Crippen LogP contribution in [0.1, 0.15) is 31.2 Å². The number of benzene rings is 1. The number of allylic oxidation sites excluding steroid dienone is 1. The molecule has 1 fully saturated rings. The highest BCUT2D eigenvalue weighted by Crippen LogP contribution is 2.33. The van der Waals surface area contributed by atoms with Gasteiger partial charge in [0.25, 0.3) is 0 Å². The molecule has 1 N–H and O–H groups in total. The number of nitrogens with one attached hydrogen (secondary N) is 1. The fourth-order valence-electron chi connectivity index (χ4n) is 3.58. The molecule has 0 unspecified atom stereocenters. The van der Waals surface area contributed by atoms with Crippen LogP contribution in [-0.2, 0) is 0 Å². The second-order valence-corrected chi connectivity index (χ2v) is 6.06. The van der Waals surface area contributed by atoms with E-state index in [0.717, 1.165) is 0 Å². The van der Waals surface area contributed by atoms with Crippen molar-refractivity contribution in [3.63, 3.8) is 0 Å². The van der Waals surface area contributed by atoms with Gasteiger partial charge in [-0.05, 0) is 48.4 Å². The quantitative estimate of drug-likeness (QED) is 0.895. The van der Waals surface area contributed by atoms with E-state index in [-0.39, 0.29) is 0 Å². The Labute approximate surface area is 125 Å². The van der Waals surface area contributed by atoms with Crippen LogP contribution in [0, 0.1) is 0 Å². The van der Waals surface area contributed by atoms with Gasteiger partial charge in [-0.3, -0.25) is 4.98 Å². The highest BCUT2D eigenvalue weighted by Gasteiger charge is 2.28. The molecule has 3 heterocycles. The van der Waals surface area contributed by atoms with Gasteiger partial charge in [0.15, 0.2) is 0 Å². The molecule has 1 aromatic heterocycles. The number of rotatable bonds is 2. The average Bonchev–Trinajstić information content (AvgIpc) is 2.89. The normalized spacial score (nSPS) is 24.5. The minimum Gasteiger partial charge on any atom is -0.307 e. The summed E-state index contributed by atoms with van der Waals surface area (Å²) >= 11 is 0. The molecule has 2 aliphatic heterocycles. The van der Waals surface area contributed by atoms with Gasteiger partial charge in [0.05, 0.1) is 0 Å². The third-order valence-corrected chi connectivity index (χ3v) is 4.67. The molecule has 1 aromatic carbocycles. The first kappa shape index (κ1) is 12.8. The summed E-state index contributed by atoms with van der Waals surface area (Å²) in [6.45, 7) is 0. The summed E-state index contributed by atoms with van der Waals surface area (Å²) in [5, 5.41) is 3.76. The Bertz CT molecular complexity index is 660. The number of nitrogens with zero attached hydrogens (tertiary/aromatic N) is 1. The Hall–Kier alpha value is -1.93. The van der Waals surface area contributed by atoms with E-state index in [1.54, 1.807) is 0 Å². The molecule has 2 nitrogen and oxygen atoms in total. The van der Waals surface area contributed by atoms with Gasteiger partial charge in [-0.15, -0.1) is 0 Å². The highest BCUT2D eigenvalue weighted by atomic mass is 15.0. The van der Waals surface area contributed by atoms with Gasteiger partial charge in [-0.2, -0.15) is 0 Å². The zero-order valence-electron chi connectivity index (χ0n) is 12.1. The Morgan fingerprint density at radius 2 is 1.76 bits per heavy atom. The molecule has 0 saturated carbocycles. The zero-order valence-corrected chi connectivity index (χ0v) is 12.1. The molecule has 0 amide bonds. The topological polar surface area (TPSA) is 24.9 Å². The molecular formula is C19H20N2. The van der Waals surface area contributed by atoms with Crippen LogP contribution in [0.5, 0.6) is 0 Å². The molecule has 21 heavy (non-hydrogen) atoms. The number of hydrogen-bond donors (Lipinski definition) is 1. The molecule has 4 rings (SSSR count). The first-order valence-corrected chi connectivity index (χ1v) is 7.87. The molecule has 2 heteroatoms. The standard InChI is InChI=1S/C19H20N2/c1-2-5-14(6-3-1)15-11-16(13-20-12-15)18-8-4-7-17-9-10-19(18)21-17/h1-3,5-6,8,11-13,17,19,21H,4,7,9-10H2/t17-,19-/m1/s1. The minimum atomic E-state index is 0.519. The molecule has 0 radical (unpaired) electrons. The van der Waals surface area contributed by atoms with Crippen molar-refractivity contribution in [3.8, 4) is 11.1 Å². The molecule has 2 aliphatic rings. The van der Waals surface area contributed by atoms with E-state index in [9.17, 15) is 0 Å². The fourth-order valence-corrected chi connectivity index (χ4v) is 3.58. The summed E-state index contributed by atoms with van der Waals surface area (Å²) in [5.74, 6) is 0. The van der Waals surface area contributed by atoms with Crippen molar-refractivity contribution in [1.82, 2.24) is 10.3 Å². The van der Waals surface area contributed by atoms with Gasteiger partial charge < -0.3 is 5.32 Å². The Morgan fingerprint density at radius 3 is 2.67 bits per heavy atom. The van der Waals surface area contributed by atoms with Crippen LogP contribution >= 0.6 is 0 Å². The van der Waals surface area contributed by atoms with E-state index < -0.39 is 0 Å². The summed E-state index contributed by atoms with van der Waals surface area (Å²) in [6, 6.07) is 14.0. The van der Waals surface area contributed by atoms with Gasteiger partial charge in [-0.25, -0.2) is 0 Å². The molecule has 2 aromatic rings. The van der Waals surface area contributed by atoms with Crippen LogP contribution < -0.4 is 5.32 Å². The Kier molecular flexibility index (Phi) is 3.32. The maximum absolute atomic E-state index is 4.48. The van der Waals surface area contributed by atoms with Crippen LogP contribution in [0.4, 0.5) is 0 Å². The third-order valence-electron chi connectivity index (χ3n) is 4.67. The van der Waals surface area contributed by atoms with E-state index in [2.05, 4.69) is 52.8 Å². The number of pyridine rings is 1. The predicted molar refractivity (Wildman–Crippen MR) is 86.8 cm³/mol. The lowest BCUT2D eigenvalue weighted by Gasteiger charge is -2.16. The fraction of sp³-hybridized carbons (Fsp3) is 0.316. The van der Waals surface area contributed by atoms with Crippen molar-refractivity contribution >= 4 is 5.57 Å². The van der Waals surface area contributed by atoms with Crippen molar-refractivity contribution in [1.29, 1.82) is 0 Å². The van der Waals surface area contributed by atoms with Crippen molar-refractivity contribution in [2.75, 3.05) is 0 Å². The maximum atomic E-state index is 4.48. The highest BCUT2D eigenvalue weighted by molar-refractivity contribution is 5.74. The van der Waals surface area contributed by atoms with Gasteiger partial charge >= 0.3 is 0 Å². The van der Waals surface area contributed by atoms with Gasteiger partial charge in [0, 0.05) is 30.0 Å². The lowest BCUT2D eigenvalue weighted by molar-refractivity contribution is 0.559. The average molecular weight is 276 g/mol. The van der Waals surface area contributed by atoms with E-state index >= 15 is 0 Å². The van der Waals surface area contributed by atoms with E-state index in [0.29, 0.717) is 12.1 Å². The second kappa shape index (κ2) is 5.45. The number of fused-ring (bicyclic) bond motifs is 2. The van der Waals surface area contributed by atoms with Crippen LogP contribution in [0.25, 0.3) is 16.7 Å². The zero-order chi connectivity index (χ0) is 14.1. The molecule has 0 spiro atoms. The largest absolute Gasteiger partial charge is 0.307 e. The first-order valence-electron chi connectivity index (χ1n) is 7.87. The van der Waals surface area contributed by atoms with Crippen LogP contribution in [-0.4, -0.2) is 17.1 Å². The SMILES string of the molecule is C1=C(c2cncc(-c3ccccc3)c2)[C@H]2CC[C@@H](CC1)N2. The Balaban J connectivity index is 1.71. The summed E-state index contributed by atoms with van der Waals surface area (Å²) in [4.78, 5) is 4.48. The molecule has 2 atom stereocenters. The van der Waals surface area contributed by atoms with Crippen molar-refractivity contribution < 1.29 is 0 Å². The van der Waals surface area contributed by atoms with E-state index in [1.165, 1.54) is 47.9 Å². The summed E-state index contributed by atoms with van der Waals surface area (Å²) in [7, 11) is 0. The maximum Gasteiger partial charge on any atom is 0.0346 e. The lowest BCUT2D eigenvalue weighted by atomic mass is 9.93. The number of hydrogen-bond acceptors (Lipinski definition) is 2. The van der Waals surface area contributed by atoms with Gasteiger partial charge in [-0.1, -0.05) is 36.4 Å². The molecule has 0 aliphatic carbocycles. The summed E-state index contributed by atoms with van der Waals surface area (Å²) in [5.41, 5.74) is 5.16. The third kappa shape index (κ3) is 2.52. The van der Waals surface area contributed by atoms with Crippen molar-refractivity contribution in [3.05, 3.63) is 60.4 Å².